The number of rotatable bonds is 7. The van der Waals surface area contributed by atoms with Crippen molar-refractivity contribution < 1.29 is 37.4 Å². The minimum Gasteiger partial charge on any atom is -0.494 e. The van der Waals surface area contributed by atoms with Crippen molar-refractivity contribution in [3.63, 3.8) is 0 Å². The molecule has 0 radical (unpaired) electrons. The van der Waals surface area contributed by atoms with E-state index in [0.29, 0.717) is 31.8 Å². The molecular weight excluding hydrogens is 479 g/mol. The molecule has 2 amide bonds. The Labute approximate surface area is 207 Å². The number of aliphatic carboxylic acids is 1. The van der Waals surface area contributed by atoms with Gasteiger partial charge in [-0.1, -0.05) is 29.8 Å². The lowest BCUT2D eigenvalue weighted by atomic mass is 10.1. The lowest BCUT2D eigenvalue weighted by Gasteiger charge is -2.30. The number of amides is 2. The van der Waals surface area contributed by atoms with Gasteiger partial charge in [0.15, 0.2) is 0 Å². The van der Waals surface area contributed by atoms with Crippen molar-refractivity contribution in [3.05, 3.63) is 65.2 Å². The van der Waals surface area contributed by atoms with E-state index in [9.17, 15) is 22.8 Å². The average molecular weight is 510 g/mol. The number of aryl methyl sites for hydroxylation is 1. The Morgan fingerprint density at radius 3 is 2.25 bits per heavy atom. The zero-order valence-corrected chi connectivity index (χ0v) is 20.2. The molecule has 3 rings (SSSR count). The van der Waals surface area contributed by atoms with Gasteiger partial charge in [0, 0.05) is 38.3 Å². The van der Waals surface area contributed by atoms with Gasteiger partial charge in [-0.3, -0.25) is 9.59 Å². The maximum absolute atomic E-state index is 13.2. The second-order valence-electron chi connectivity index (χ2n) is 8.04. The predicted octanol–water partition coefficient (Wildman–Crippen LogP) is 3.10. The third kappa shape index (κ3) is 9.21. The Morgan fingerprint density at radius 1 is 1.08 bits per heavy atom. The van der Waals surface area contributed by atoms with E-state index in [0.717, 1.165) is 30.0 Å². The summed E-state index contributed by atoms with van der Waals surface area (Å²) in [5.74, 6) is -2.16. The van der Waals surface area contributed by atoms with Crippen LogP contribution in [0.2, 0.25) is 0 Å². The van der Waals surface area contributed by atoms with Crippen LogP contribution < -0.4 is 10.1 Å². The number of halogens is 3. The quantitative estimate of drug-likeness (QED) is 0.595. The van der Waals surface area contributed by atoms with Crippen molar-refractivity contribution >= 4 is 17.8 Å². The molecule has 196 valence electrons. The number of alkyl halides is 3. The zero-order chi connectivity index (χ0) is 26.7. The van der Waals surface area contributed by atoms with Gasteiger partial charge in [0.2, 0.25) is 5.91 Å². The molecule has 2 aromatic rings. The number of nitrogens with zero attached hydrogens (tertiary/aromatic N) is 2. The van der Waals surface area contributed by atoms with Crippen molar-refractivity contribution in [1.82, 2.24) is 15.1 Å². The zero-order valence-electron chi connectivity index (χ0n) is 20.2. The highest BCUT2D eigenvalue weighted by atomic mass is 19.4. The molecule has 1 aliphatic heterocycles. The van der Waals surface area contributed by atoms with E-state index in [1.807, 2.05) is 67.3 Å². The van der Waals surface area contributed by atoms with Crippen molar-refractivity contribution in [1.29, 1.82) is 0 Å². The molecule has 0 unspecified atom stereocenters. The van der Waals surface area contributed by atoms with Gasteiger partial charge < -0.3 is 25.0 Å². The smallest absolute Gasteiger partial charge is 0.490 e. The fourth-order valence-corrected chi connectivity index (χ4v) is 3.38. The van der Waals surface area contributed by atoms with Crippen LogP contribution in [0.5, 0.6) is 5.75 Å². The molecule has 0 saturated carbocycles. The first-order chi connectivity index (χ1) is 17.0. The van der Waals surface area contributed by atoms with E-state index in [1.54, 1.807) is 4.90 Å². The summed E-state index contributed by atoms with van der Waals surface area (Å²) in [4.78, 5) is 38.4. The molecule has 8 nitrogen and oxygen atoms in total. The van der Waals surface area contributed by atoms with E-state index in [2.05, 4.69) is 5.32 Å². The van der Waals surface area contributed by atoms with Crippen LogP contribution in [0.4, 0.5) is 13.2 Å². The van der Waals surface area contributed by atoms with E-state index >= 15 is 0 Å². The molecule has 0 spiro atoms. The molecule has 0 atom stereocenters. The number of benzene rings is 2. The molecule has 1 saturated heterocycles. The number of hydrogen-bond donors (Lipinski definition) is 2. The number of ether oxygens (including phenoxy) is 1. The molecule has 36 heavy (non-hydrogen) atoms. The molecular formula is C25H30F3N3O5. The molecule has 0 bridgehead atoms. The highest BCUT2D eigenvalue weighted by Gasteiger charge is 2.38. The maximum atomic E-state index is 13.2. The highest BCUT2D eigenvalue weighted by Crippen LogP contribution is 2.17. The van der Waals surface area contributed by atoms with Crippen LogP contribution in [0.1, 0.15) is 28.4 Å². The Balaban J connectivity index is 0.000000572. The van der Waals surface area contributed by atoms with Crippen molar-refractivity contribution in [2.75, 3.05) is 39.3 Å². The summed E-state index contributed by atoms with van der Waals surface area (Å²) >= 11 is 0. The average Bonchev–Trinajstić information content (AvgIpc) is 2.84. The van der Waals surface area contributed by atoms with Gasteiger partial charge in [-0.15, -0.1) is 0 Å². The third-order valence-electron chi connectivity index (χ3n) is 5.21. The first-order valence-corrected chi connectivity index (χ1v) is 11.4. The minimum atomic E-state index is -5.08. The van der Waals surface area contributed by atoms with E-state index in [4.69, 9.17) is 14.6 Å². The predicted molar refractivity (Wildman–Crippen MR) is 127 cm³/mol. The van der Waals surface area contributed by atoms with E-state index in [-0.39, 0.29) is 18.4 Å². The third-order valence-corrected chi connectivity index (χ3v) is 5.21. The van der Waals surface area contributed by atoms with Crippen LogP contribution in [0, 0.1) is 6.92 Å². The van der Waals surface area contributed by atoms with Gasteiger partial charge in [0.05, 0.1) is 6.61 Å². The Kier molecular flexibility index (Phi) is 10.7. The first-order valence-electron chi connectivity index (χ1n) is 11.4. The SMILES string of the molecule is CCOc1cccc(CN(CC(=O)N2CCNCC2)C(=O)c2ccc(C)cc2)c1.O=C(O)C(F)(F)F. The van der Waals surface area contributed by atoms with Gasteiger partial charge >= 0.3 is 12.1 Å². The van der Waals surface area contributed by atoms with Crippen LogP contribution >= 0.6 is 0 Å². The van der Waals surface area contributed by atoms with Crippen LogP contribution in [0.25, 0.3) is 0 Å². The maximum Gasteiger partial charge on any atom is 0.490 e. The summed E-state index contributed by atoms with van der Waals surface area (Å²) in [5, 5.41) is 10.4. The number of piperazine rings is 1. The number of hydrogen-bond acceptors (Lipinski definition) is 5. The largest absolute Gasteiger partial charge is 0.494 e. The van der Waals surface area contributed by atoms with E-state index in [1.165, 1.54) is 0 Å². The monoisotopic (exact) mass is 509 g/mol. The fraction of sp³-hybridized carbons (Fsp3) is 0.400. The topological polar surface area (TPSA) is 99.2 Å². The number of carbonyl (C=O) groups excluding carboxylic acids is 2. The molecule has 1 aliphatic rings. The normalized spacial score (nSPS) is 13.3. The van der Waals surface area contributed by atoms with Crippen molar-refractivity contribution in [3.8, 4) is 5.75 Å². The highest BCUT2D eigenvalue weighted by molar-refractivity contribution is 5.96. The van der Waals surface area contributed by atoms with Crippen LogP contribution in [-0.4, -0.2) is 78.2 Å². The van der Waals surface area contributed by atoms with Gasteiger partial charge in [-0.05, 0) is 43.7 Å². The molecule has 2 aromatic carbocycles. The van der Waals surface area contributed by atoms with Crippen molar-refractivity contribution in [2.45, 2.75) is 26.6 Å². The molecule has 1 heterocycles. The fourth-order valence-electron chi connectivity index (χ4n) is 3.38. The molecule has 0 aliphatic carbocycles. The molecule has 1 fully saturated rings. The number of carbonyl (C=O) groups is 3. The van der Waals surface area contributed by atoms with Crippen LogP contribution in [-0.2, 0) is 16.1 Å². The molecule has 2 N–H and O–H groups in total. The Hall–Kier alpha value is -3.60. The molecule has 11 heteroatoms. The summed E-state index contributed by atoms with van der Waals surface area (Å²) in [6.07, 6.45) is -5.08. The molecule has 0 aromatic heterocycles. The summed E-state index contributed by atoms with van der Waals surface area (Å²) in [6, 6.07) is 15.1. The second kappa shape index (κ2) is 13.5. The lowest BCUT2D eigenvalue weighted by molar-refractivity contribution is -0.192. The van der Waals surface area contributed by atoms with E-state index < -0.39 is 12.1 Å². The summed E-state index contributed by atoms with van der Waals surface area (Å²) in [7, 11) is 0. The summed E-state index contributed by atoms with van der Waals surface area (Å²) in [5.41, 5.74) is 2.61. The number of nitrogens with one attached hydrogen (secondary N) is 1. The Morgan fingerprint density at radius 2 is 1.69 bits per heavy atom. The Bertz CT molecular complexity index is 1020. The standard InChI is InChI=1S/C23H29N3O3.C2HF3O2/c1-3-29-21-6-4-5-19(15-21)16-26(17-22(27)25-13-11-24-12-14-25)23(28)20-9-7-18(2)8-10-20;3-2(4,5)1(6)7/h4-10,15,24H,3,11-14,16-17H2,1-2H3;(H,6,7). The van der Waals surface area contributed by atoms with Crippen LogP contribution in [0.3, 0.4) is 0 Å². The first kappa shape index (κ1) is 28.6. The summed E-state index contributed by atoms with van der Waals surface area (Å²) in [6.45, 7) is 7.83. The lowest BCUT2D eigenvalue weighted by Crippen LogP contribution is -2.50. The van der Waals surface area contributed by atoms with Gasteiger partial charge in [-0.25, -0.2) is 4.79 Å². The minimum absolute atomic E-state index is 0.0204. The summed E-state index contributed by atoms with van der Waals surface area (Å²) < 4.78 is 37.3. The van der Waals surface area contributed by atoms with Crippen molar-refractivity contribution in [2.24, 2.45) is 0 Å². The van der Waals surface area contributed by atoms with Gasteiger partial charge in [0.25, 0.3) is 5.91 Å². The number of carboxylic acid groups (broad SMARTS) is 1. The van der Waals surface area contributed by atoms with Gasteiger partial charge in [0.1, 0.15) is 12.3 Å². The number of carboxylic acids is 1. The second-order valence-corrected chi connectivity index (χ2v) is 8.04. The van der Waals surface area contributed by atoms with Gasteiger partial charge in [-0.2, -0.15) is 13.2 Å². The van der Waals surface area contributed by atoms with Crippen LogP contribution in [0.15, 0.2) is 48.5 Å².